The third-order valence-corrected chi connectivity index (χ3v) is 5.19. The second-order valence-electron chi connectivity index (χ2n) is 4.81. The summed E-state index contributed by atoms with van der Waals surface area (Å²) in [6.07, 6.45) is 0. The van der Waals surface area contributed by atoms with E-state index in [-0.39, 0.29) is 11.9 Å². The van der Waals surface area contributed by atoms with Gasteiger partial charge in [-0.1, -0.05) is 47.1 Å². The second-order valence-corrected chi connectivity index (χ2v) is 6.58. The normalized spacial score (nSPS) is 12.7. The zero-order valence-electron chi connectivity index (χ0n) is 11.6. The van der Waals surface area contributed by atoms with E-state index in [1.807, 2.05) is 25.1 Å². The van der Waals surface area contributed by atoms with Crippen molar-refractivity contribution in [2.75, 3.05) is 6.54 Å². The molecule has 1 nitrogen and oxygen atoms in total. The maximum atomic E-state index is 14.3. The molecule has 0 saturated heterocycles. The van der Waals surface area contributed by atoms with E-state index < -0.39 is 0 Å². The number of hydrogen-bond donors (Lipinski definition) is 1. The van der Waals surface area contributed by atoms with Crippen LogP contribution in [-0.4, -0.2) is 6.54 Å². The lowest BCUT2D eigenvalue weighted by Crippen LogP contribution is -2.23. The molecule has 0 aliphatic carbocycles. The average molecular weight is 364 g/mol. The Bertz CT molecular complexity index is 748. The van der Waals surface area contributed by atoms with E-state index in [1.165, 1.54) is 16.2 Å². The first-order chi connectivity index (χ1) is 10.2. The summed E-state index contributed by atoms with van der Waals surface area (Å²) in [4.78, 5) is 0. The van der Waals surface area contributed by atoms with E-state index in [0.29, 0.717) is 5.56 Å². The van der Waals surface area contributed by atoms with Crippen molar-refractivity contribution in [1.82, 2.24) is 5.32 Å². The first-order valence-electron chi connectivity index (χ1n) is 6.85. The van der Waals surface area contributed by atoms with Gasteiger partial charge >= 0.3 is 0 Å². The zero-order valence-corrected chi connectivity index (χ0v) is 14.0. The fraction of sp³-hybridized carbons (Fsp3) is 0.176. The van der Waals surface area contributed by atoms with E-state index in [9.17, 15) is 4.39 Å². The van der Waals surface area contributed by atoms with E-state index in [2.05, 4.69) is 38.8 Å². The van der Waals surface area contributed by atoms with Crippen molar-refractivity contribution in [3.05, 3.63) is 69.3 Å². The van der Waals surface area contributed by atoms with Gasteiger partial charge in [-0.2, -0.15) is 0 Å². The number of halogens is 2. The molecule has 0 amide bonds. The van der Waals surface area contributed by atoms with Crippen molar-refractivity contribution < 1.29 is 4.39 Å². The van der Waals surface area contributed by atoms with Gasteiger partial charge in [0.1, 0.15) is 5.82 Å². The number of nitrogens with one attached hydrogen (secondary N) is 1. The van der Waals surface area contributed by atoms with Crippen LogP contribution in [0.4, 0.5) is 4.39 Å². The van der Waals surface area contributed by atoms with Gasteiger partial charge in [0.15, 0.2) is 0 Å². The molecule has 0 bridgehead atoms. The first kappa shape index (κ1) is 14.7. The first-order valence-corrected chi connectivity index (χ1v) is 8.53. The van der Waals surface area contributed by atoms with Gasteiger partial charge in [-0.3, -0.25) is 0 Å². The molecule has 4 heteroatoms. The fourth-order valence-electron chi connectivity index (χ4n) is 2.58. The van der Waals surface area contributed by atoms with Gasteiger partial charge in [0, 0.05) is 14.7 Å². The molecule has 0 fully saturated rings. The molecule has 3 aromatic rings. The van der Waals surface area contributed by atoms with Crippen LogP contribution in [0, 0.1) is 5.82 Å². The summed E-state index contributed by atoms with van der Waals surface area (Å²) in [5.41, 5.74) is 1.80. The summed E-state index contributed by atoms with van der Waals surface area (Å²) in [7, 11) is 0. The Morgan fingerprint density at radius 2 is 2.00 bits per heavy atom. The number of fused-ring (bicyclic) bond motifs is 1. The van der Waals surface area contributed by atoms with Crippen molar-refractivity contribution in [3.8, 4) is 0 Å². The minimum absolute atomic E-state index is 0.151. The molecule has 108 valence electrons. The lowest BCUT2D eigenvalue weighted by Gasteiger charge is -2.20. The maximum Gasteiger partial charge on any atom is 0.129 e. The predicted molar refractivity (Wildman–Crippen MR) is 91.4 cm³/mol. The summed E-state index contributed by atoms with van der Waals surface area (Å²) in [5.74, 6) is -0.189. The Morgan fingerprint density at radius 3 is 2.76 bits per heavy atom. The highest BCUT2D eigenvalue weighted by Crippen LogP contribution is 2.37. The number of thiophene rings is 1. The number of hydrogen-bond acceptors (Lipinski definition) is 2. The van der Waals surface area contributed by atoms with Crippen molar-refractivity contribution in [2.24, 2.45) is 0 Å². The molecule has 1 unspecified atom stereocenters. The summed E-state index contributed by atoms with van der Waals surface area (Å²) >= 11 is 5.19. The Balaban J connectivity index is 2.18. The third-order valence-electron chi connectivity index (χ3n) is 3.52. The highest BCUT2D eigenvalue weighted by atomic mass is 79.9. The Hall–Kier alpha value is -1.23. The van der Waals surface area contributed by atoms with Crippen LogP contribution in [0.25, 0.3) is 10.1 Å². The van der Waals surface area contributed by atoms with Crippen molar-refractivity contribution in [2.45, 2.75) is 13.0 Å². The summed E-state index contributed by atoms with van der Waals surface area (Å²) < 4.78 is 16.4. The van der Waals surface area contributed by atoms with E-state index in [0.717, 1.165) is 16.6 Å². The van der Waals surface area contributed by atoms with Gasteiger partial charge in [-0.15, -0.1) is 11.3 Å². The van der Waals surface area contributed by atoms with Gasteiger partial charge in [0.2, 0.25) is 0 Å². The van der Waals surface area contributed by atoms with Crippen LogP contribution < -0.4 is 5.32 Å². The highest BCUT2D eigenvalue weighted by Gasteiger charge is 2.22. The number of benzene rings is 2. The van der Waals surface area contributed by atoms with Crippen molar-refractivity contribution in [1.29, 1.82) is 0 Å². The Labute approximate surface area is 135 Å². The van der Waals surface area contributed by atoms with Crippen LogP contribution in [0.15, 0.2) is 52.3 Å². The monoisotopic (exact) mass is 363 g/mol. The van der Waals surface area contributed by atoms with Crippen molar-refractivity contribution in [3.63, 3.8) is 0 Å². The van der Waals surface area contributed by atoms with Crippen LogP contribution in [0.1, 0.15) is 24.1 Å². The van der Waals surface area contributed by atoms with Gasteiger partial charge in [0.05, 0.1) is 6.04 Å². The largest absolute Gasteiger partial charge is 0.306 e. The smallest absolute Gasteiger partial charge is 0.129 e. The molecule has 21 heavy (non-hydrogen) atoms. The van der Waals surface area contributed by atoms with Crippen LogP contribution in [-0.2, 0) is 0 Å². The molecule has 0 aliphatic heterocycles. The molecule has 1 N–H and O–H groups in total. The molecule has 1 aromatic heterocycles. The predicted octanol–water partition coefficient (Wildman–Crippen LogP) is 5.50. The Kier molecular flexibility index (Phi) is 4.38. The summed E-state index contributed by atoms with van der Waals surface area (Å²) in [6, 6.07) is 13.2. The maximum absolute atomic E-state index is 14.3. The molecule has 0 radical (unpaired) electrons. The zero-order chi connectivity index (χ0) is 14.8. The minimum atomic E-state index is -0.189. The highest BCUT2D eigenvalue weighted by molar-refractivity contribution is 9.10. The number of rotatable bonds is 4. The second kappa shape index (κ2) is 6.26. The van der Waals surface area contributed by atoms with E-state index >= 15 is 0 Å². The van der Waals surface area contributed by atoms with Crippen LogP contribution in [0.2, 0.25) is 0 Å². The van der Waals surface area contributed by atoms with E-state index in [4.69, 9.17) is 0 Å². The van der Waals surface area contributed by atoms with Crippen LogP contribution in [0.5, 0.6) is 0 Å². The van der Waals surface area contributed by atoms with E-state index in [1.54, 1.807) is 17.4 Å². The third kappa shape index (κ3) is 2.76. The van der Waals surface area contributed by atoms with Gasteiger partial charge in [-0.25, -0.2) is 4.39 Å². The topological polar surface area (TPSA) is 12.0 Å². The molecule has 2 aromatic carbocycles. The summed E-state index contributed by atoms with van der Waals surface area (Å²) in [5, 5.41) is 6.72. The van der Waals surface area contributed by atoms with Gasteiger partial charge in [0.25, 0.3) is 0 Å². The quantitative estimate of drug-likeness (QED) is 0.644. The standard InChI is InChI=1S/C17H15BrFNS/c1-2-20-17(16-13(18)7-5-8-14(16)19)12-10-21-15-9-4-3-6-11(12)15/h3-10,17,20H,2H2,1H3. The molecule has 1 heterocycles. The lowest BCUT2D eigenvalue weighted by atomic mass is 9.97. The Morgan fingerprint density at radius 1 is 1.19 bits per heavy atom. The van der Waals surface area contributed by atoms with Crippen LogP contribution in [0.3, 0.4) is 0 Å². The summed E-state index contributed by atoms with van der Waals surface area (Å²) in [6.45, 7) is 2.81. The SMILES string of the molecule is CCNC(c1c(F)cccc1Br)c1csc2ccccc12. The molecule has 0 spiro atoms. The van der Waals surface area contributed by atoms with Gasteiger partial charge in [-0.05, 0) is 41.1 Å². The molecular weight excluding hydrogens is 349 g/mol. The molecule has 0 aliphatic rings. The lowest BCUT2D eigenvalue weighted by molar-refractivity contribution is 0.559. The van der Waals surface area contributed by atoms with Crippen molar-refractivity contribution >= 4 is 37.4 Å². The van der Waals surface area contributed by atoms with Crippen LogP contribution >= 0.6 is 27.3 Å². The molecular formula is C17H15BrFNS. The molecule has 0 saturated carbocycles. The fourth-order valence-corrected chi connectivity index (χ4v) is 4.14. The van der Waals surface area contributed by atoms with Gasteiger partial charge < -0.3 is 5.32 Å². The average Bonchev–Trinajstić information content (AvgIpc) is 2.90. The molecule has 3 rings (SSSR count). The molecule has 1 atom stereocenters. The minimum Gasteiger partial charge on any atom is -0.306 e.